The molecule has 2 aromatic rings. The second kappa shape index (κ2) is 4.99. The molecule has 0 aliphatic heterocycles. The van der Waals surface area contributed by atoms with E-state index in [9.17, 15) is 23.3 Å². The monoisotopic (exact) mass is 384 g/mol. The molecule has 1 aromatic carbocycles. The molecule has 0 spiro atoms. The molecule has 1 heterocycles. The van der Waals surface area contributed by atoms with Gasteiger partial charge in [0.25, 0.3) is 5.69 Å². The maximum absolute atomic E-state index is 12.3. The van der Waals surface area contributed by atoms with Gasteiger partial charge in [0.2, 0.25) is 0 Å². The van der Waals surface area contributed by atoms with Crippen molar-refractivity contribution in [2.75, 3.05) is 0 Å². The van der Waals surface area contributed by atoms with Gasteiger partial charge in [-0.2, -0.15) is 13.2 Å². The second-order valence-electron chi connectivity index (χ2n) is 3.95. The first-order chi connectivity index (χ1) is 8.79. The average molecular weight is 384 g/mol. The molecule has 0 fully saturated rings. The zero-order valence-electron chi connectivity index (χ0n) is 9.45. The van der Waals surface area contributed by atoms with Crippen molar-refractivity contribution in [1.29, 1.82) is 0 Å². The predicted molar refractivity (Wildman–Crippen MR) is 72.0 cm³/mol. The Morgan fingerprint density at radius 1 is 1.37 bits per heavy atom. The average Bonchev–Trinajstić information content (AvgIpc) is 2.60. The number of non-ortho nitro benzene ring substituents is 1. The zero-order valence-corrected chi connectivity index (χ0v) is 11.6. The van der Waals surface area contributed by atoms with Crippen LogP contribution in [-0.2, 0) is 6.54 Å². The summed E-state index contributed by atoms with van der Waals surface area (Å²) < 4.78 is 38.8. The first kappa shape index (κ1) is 14.1. The Hall–Kier alpha value is -1.32. The Labute approximate surface area is 119 Å². The topological polar surface area (TPSA) is 48.1 Å². The van der Waals surface area contributed by atoms with E-state index in [1.807, 2.05) is 22.6 Å². The number of nitro benzene ring substituents is 1. The molecule has 0 N–H and O–H groups in total. The molecule has 0 saturated carbocycles. The van der Waals surface area contributed by atoms with Crippen molar-refractivity contribution in [3.8, 4) is 0 Å². The Morgan fingerprint density at radius 3 is 2.63 bits per heavy atom. The molecule has 0 amide bonds. The van der Waals surface area contributed by atoms with Crippen LogP contribution in [0.1, 0.15) is 6.42 Å². The van der Waals surface area contributed by atoms with E-state index in [1.54, 1.807) is 6.07 Å². The van der Waals surface area contributed by atoms with Gasteiger partial charge in [-0.25, -0.2) is 0 Å². The first-order valence-electron chi connectivity index (χ1n) is 5.28. The maximum Gasteiger partial charge on any atom is 0.390 e. The number of hydrogen-bond donors (Lipinski definition) is 0. The van der Waals surface area contributed by atoms with Gasteiger partial charge in [0.05, 0.1) is 25.9 Å². The minimum absolute atomic E-state index is 0.0961. The van der Waals surface area contributed by atoms with Crippen LogP contribution in [-0.4, -0.2) is 15.7 Å². The summed E-state index contributed by atoms with van der Waals surface area (Å²) in [5.41, 5.74) is 0.351. The zero-order chi connectivity index (χ0) is 14.2. The van der Waals surface area contributed by atoms with Crippen LogP contribution < -0.4 is 0 Å². The van der Waals surface area contributed by atoms with Gasteiger partial charge in [0.15, 0.2) is 0 Å². The van der Waals surface area contributed by atoms with E-state index < -0.39 is 17.5 Å². The highest BCUT2D eigenvalue weighted by molar-refractivity contribution is 14.1. The standard InChI is InChI=1S/C11H8F3IN2O2/c12-11(13,14)4-5-16-8-2-1-3-9(17(18)19)7(8)6-10(16)15/h1-3,6H,4-5H2. The molecule has 19 heavy (non-hydrogen) atoms. The van der Waals surface area contributed by atoms with Crippen LogP contribution in [0.4, 0.5) is 18.9 Å². The Balaban J connectivity index is 2.48. The smallest absolute Gasteiger partial charge is 0.335 e. The van der Waals surface area contributed by atoms with Crippen LogP contribution in [0.15, 0.2) is 24.3 Å². The Bertz CT molecular complexity index is 637. The van der Waals surface area contributed by atoms with Crippen LogP contribution in [0.5, 0.6) is 0 Å². The van der Waals surface area contributed by atoms with E-state index >= 15 is 0 Å². The van der Waals surface area contributed by atoms with Crippen LogP contribution in [0.25, 0.3) is 10.9 Å². The summed E-state index contributed by atoms with van der Waals surface area (Å²) in [6.45, 7) is -0.244. The number of alkyl halides is 3. The molecule has 8 heteroatoms. The summed E-state index contributed by atoms with van der Waals surface area (Å²) in [5.74, 6) is 0. The van der Waals surface area contributed by atoms with Crippen molar-refractivity contribution in [2.45, 2.75) is 19.1 Å². The number of nitrogens with zero attached hydrogens (tertiary/aromatic N) is 2. The van der Waals surface area contributed by atoms with Crippen molar-refractivity contribution in [3.63, 3.8) is 0 Å². The van der Waals surface area contributed by atoms with E-state index in [-0.39, 0.29) is 12.2 Å². The van der Waals surface area contributed by atoms with Crippen LogP contribution in [0.3, 0.4) is 0 Å². The number of fused-ring (bicyclic) bond motifs is 1. The molecule has 0 atom stereocenters. The van der Waals surface area contributed by atoms with Gasteiger partial charge in [0, 0.05) is 12.6 Å². The molecular weight excluding hydrogens is 376 g/mol. The molecule has 102 valence electrons. The van der Waals surface area contributed by atoms with E-state index in [2.05, 4.69) is 0 Å². The fraction of sp³-hybridized carbons (Fsp3) is 0.273. The lowest BCUT2D eigenvalue weighted by Crippen LogP contribution is -2.12. The van der Waals surface area contributed by atoms with Crippen molar-refractivity contribution in [1.82, 2.24) is 4.57 Å². The third-order valence-corrected chi connectivity index (χ3v) is 3.58. The number of nitro groups is 1. The Kier molecular flexibility index (Phi) is 3.70. The first-order valence-corrected chi connectivity index (χ1v) is 6.36. The third kappa shape index (κ3) is 2.99. The number of hydrogen-bond acceptors (Lipinski definition) is 2. The number of rotatable bonds is 3. The van der Waals surface area contributed by atoms with Crippen molar-refractivity contribution >= 4 is 39.2 Å². The Morgan fingerprint density at radius 2 is 2.05 bits per heavy atom. The van der Waals surface area contributed by atoms with E-state index in [1.165, 1.54) is 22.8 Å². The summed E-state index contributed by atoms with van der Waals surface area (Å²) in [6.07, 6.45) is -5.21. The van der Waals surface area contributed by atoms with E-state index in [0.717, 1.165) is 0 Å². The fourth-order valence-corrected chi connectivity index (χ4v) is 2.67. The van der Waals surface area contributed by atoms with Gasteiger partial charge >= 0.3 is 6.18 Å². The molecule has 2 rings (SSSR count). The van der Waals surface area contributed by atoms with Crippen LogP contribution in [0.2, 0.25) is 0 Å². The minimum atomic E-state index is -4.25. The van der Waals surface area contributed by atoms with Gasteiger partial charge < -0.3 is 4.57 Å². The highest BCUT2D eigenvalue weighted by Crippen LogP contribution is 2.31. The fourth-order valence-electron chi connectivity index (χ4n) is 1.86. The van der Waals surface area contributed by atoms with Crippen LogP contribution >= 0.6 is 22.6 Å². The lowest BCUT2D eigenvalue weighted by molar-refractivity contribution is -0.383. The second-order valence-corrected chi connectivity index (χ2v) is 5.06. The highest BCUT2D eigenvalue weighted by Gasteiger charge is 2.27. The summed E-state index contributed by atoms with van der Waals surface area (Å²) in [4.78, 5) is 10.3. The molecular formula is C11H8F3IN2O2. The lowest BCUT2D eigenvalue weighted by Gasteiger charge is -2.09. The van der Waals surface area contributed by atoms with Crippen molar-refractivity contribution < 1.29 is 18.1 Å². The van der Waals surface area contributed by atoms with Gasteiger partial charge in [-0.3, -0.25) is 10.1 Å². The van der Waals surface area contributed by atoms with Crippen LogP contribution in [0, 0.1) is 13.8 Å². The minimum Gasteiger partial charge on any atom is -0.335 e. The number of aryl methyl sites for hydroxylation is 1. The molecule has 0 aliphatic rings. The van der Waals surface area contributed by atoms with Crippen molar-refractivity contribution in [3.05, 3.63) is 38.1 Å². The van der Waals surface area contributed by atoms with E-state index in [4.69, 9.17) is 0 Å². The van der Waals surface area contributed by atoms with Gasteiger partial charge in [0.1, 0.15) is 0 Å². The summed E-state index contributed by atoms with van der Waals surface area (Å²) >= 11 is 1.88. The number of aromatic nitrogens is 1. The third-order valence-electron chi connectivity index (χ3n) is 2.69. The summed E-state index contributed by atoms with van der Waals surface area (Å²) in [6, 6.07) is 5.93. The molecule has 0 bridgehead atoms. The molecule has 0 aliphatic carbocycles. The van der Waals surface area contributed by atoms with Crippen molar-refractivity contribution in [2.24, 2.45) is 0 Å². The highest BCUT2D eigenvalue weighted by atomic mass is 127. The maximum atomic E-state index is 12.3. The number of benzene rings is 1. The lowest BCUT2D eigenvalue weighted by atomic mass is 10.2. The summed E-state index contributed by atoms with van der Waals surface area (Å²) in [5, 5.41) is 11.2. The molecule has 0 radical (unpaired) electrons. The normalized spacial score (nSPS) is 12.0. The van der Waals surface area contributed by atoms with Gasteiger partial charge in [-0.05, 0) is 34.7 Å². The van der Waals surface area contributed by atoms with Gasteiger partial charge in [-0.1, -0.05) is 6.07 Å². The SMILES string of the molecule is O=[N+]([O-])c1cccc2c1cc(I)n2CCC(F)(F)F. The largest absolute Gasteiger partial charge is 0.390 e. The van der Waals surface area contributed by atoms with Gasteiger partial charge in [-0.15, -0.1) is 0 Å². The van der Waals surface area contributed by atoms with E-state index in [0.29, 0.717) is 14.6 Å². The summed E-state index contributed by atoms with van der Waals surface area (Å²) in [7, 11) is 0. The predicted octanol–water partition coefficient (Wildman–Crippen LogP) is 4.11. The molecule has 4 nitrogen and oxygen atoms in total. The molecule has 1 aromatic heterocycles. The molecule has 0 unspecified atom stereocenters. The number of halogens is 4. The molecule has 0 saturated heterocycles. The quantitative estimate of drug-likeness (QED) is 0.455.